The van der Waals surface area contributed by atoms with Crippen LogP contribution in [0.5, 0.6) is 0 Å². The van der Waals surface area contributed by atoms with Crippen molar-refractivity contribution in [2.24, 2.45) is 202 Å². The van der Waals surface area contributed by atoms with Crippen LogP contribution in [-0.4, -0.2) is 92.0 Å². The first kappa shape index (κ1) is 104. The van der Waals surface area contributed by atoms with E-state index in [4.69, 9.17) is 0 Å². The second-order valence-corrected chi connectivity index (χ2v) is 50.2. The smallest absolute Gasteiger partial charge is 0.870 e. The topological polar surface area (TPSA) is 131 Å². The Balaban J connectivity index is 0.000000166. The summed E-state index contributed by atoms with van der Waals surface area (Å²) in [6.45, 7) is 42.2. The Morgan fingerprint density at radius 1 is 0.264 bits per heavy atom. The Bertz CT molecular complexity index is 2990. The first-order chi connectivity index (χ1) is 54.6. The Kier molecular flexibility index (Phi) is 31.4. The molecular weight excluding hydrogens is 1620 g/mol. The van der Waals surface area contributed by atoms with Crippen LogP contribution in [0.3, 0.4) is 0 Å². The number of fused-ring (bicyclic) bond motifs is 20. The molecule has 0 aliphatic heterocycles. The Labute approximate surface area is 770 Å². The first-order valence-electron chi connectivity index (χ1n) is 48.5. The van der Waals surface area contributed by atoms with Gasteiger partial charge in [-0.05, 0) is 440 Å². The molecule has 16 fully saturated rings. The largest absolute Gasteiger partial charge is 1.00 e. The summed E-state index contributed by atoms with van der Waals surface area (Å²) in [6, 6.07) is 0. The van der Waals surface area contributed by atoms with E-state index >= 15 is 0 Å². The van der Waals surface area contributed by atoms with Gasteiger partial charge in [0.1, 0.15) is 0 Å². The monoisotopic (exact) mass is 1780 g/mol. The van der Waals surface area contributed by atoms with E-state index in [0.29, 0.717) is 91.7 Å². The van der Waals surface area contributed by atoms with E-state index < -0.39 is 78.4 Å². The molecule has 16 saturated carbocycles. The molecule has 0 amide bonds. The minimum Gasteiger partial charge on any atom is -0.870 e. The van der Waals surface area contributed by atoms with E-state index in [1.165, 1.54) is 122 Å². The molecule has 1 unspecified atom stereocenters. The quantitative estimate of drug-likeness (QED) is 0.121. The number of alkyl halides is 12. The summed E-state index contributed by atoms with van der Waals surface area (Å²) in [4.78, 5) is 0. The van der Waals surface area contributed by atoms with Crippen molar-refractivity contribution in [2.45, 2.75) is 417 Å². The first-order valence-corrected chi connectivity index (χ1v) is 49.6. The molecule has 16 aliphatic rings. The van der Waals surface area contributed by atoms with E-state index in [1.54, 1.807) is 27.7 Å². The molecule has 0 spiro atoms. The Hall–Kier alpha value is 0.836. The van der Waals surface area contributed by atoms with E-state index in [2.05, 4.69) is 96.9 Å². The summed E-state index contributed by atoms with van der Waals surface area (Å²) in [5.41, 5.74) is 2.18. The van der Waals surface area contributed by atoms with Crippen molar-refractivity contribution >= 4 is 12.1 Å². The van der Waals surface area contributed by atoms with E-state index in [9.17, 15) is 82.1 Å². The number of aliphatic hydroxyl groups is 5. The van der Waals surface area contributed by atoms with Crippen LogP contribution in [0.15, 0.2) is 0 Å². The zero-order valence-electron chi connectivity index (χ0n) is 78.6. The van der Waals surface area contributed by atoms with Crippen LogP contribution in [-0.2, 0) is 0 Å². The van der Waals surface area contributed by atoms with Crippen molar-refractivity contribution in [3.63, 3.8) is 0 Å². The molecule has 16 aliphatic carbocycles. The van der Waals surface area contributed by atoms with Gasteiger partial charge in [0.25, 0.3) is 0 Å². The van der Waals surface area contributed by atoms with Crippen molar-refractivity contribution in [1.29, 1.82) is 0 Å². The van der Waals surface area contributed by atoms with E-state index in [-0.39, 0.29) is 120 Å². The van der Waals surface area contributed by atoms with Gasteiger partial charge in [-0.3, -0.25) is 0 Å². The minimum atomic E-state index is -4.53. The minimum absolute atomic E-state index is 0. The summed E-state index contributed by atoms with van der Waals surface area (Å²) in [7, 11) is 0. The van der Waals surface area contributed by atoms with Gasteiger partial charge in [-0.2, -0.15) is 56.6 Å². The fraction of sp³-hybridized carbons (Fsp3) is 1.00. The van der Waals surface area contributed by atoms with Crippen molar-refractivity contribution in [1.82, 2.24) is 0 Å². The molecule has 6 nitrogen and oxygen atoms in total. The molecule has 121 heavy (non-hydrogen) atoms. The number of hydrogen-bond donors (Lipinski definition) is 5. The van der Waals surface area contributed by atoms with Gasteiger partial charge >= 0.3 is 76.1 Å². The summed E-state index contributed by atoms with van der Waals surface area (Å²) in [6.07, 6.45) is 15.6. The van der Waals surface area contributed by atoms with Crippen molar-refractivity contribution < 1.29 is 139 Å². The van der Waals surface area contributed by atoms with Gasteiger partial charge in [-0.15, -0.1) is 0 Å². The molecular formula is C100H166F13KO6S. The van der Waals surface area contributed by atoms with Crippen LogP contribution in [0.2, 0.25) is 0 Å². The predicted octanol–water partition coefficient (Wildman–Crippen LogP) is 25.7. The van der Waals surface area contributed by atoms with Gasteiger partial charge in [0, 0.05) is 18.4 Å². The maximum absolute atomic E-state index is 13.2. The van der Waals surface area contributed by atoms with Crippen molar-refractivity contribution in [3.05, 3.63) is 0 Å². The second-order valence-electron chi connectivity index (χ2n) is 49.9. The summed E-state index contributed by atoms with van der Waals surface area (Å²) in [5, 5.41) is 50.5. The van der Waals surface area contributed by atoms with Gasteiger partial charge in [-0.1, -0.05) is 125 Å². The fourth-order valence-electron chi connectivity index (χ4n) is 36.0. The fourth-order valence-corrected chi connectivity index (χ4v) is 36.0. The number of rotatable bonds is 8. The molecule has 6 N–H and O–H groups in total. The normalized spacial score (nSPS) is 47.9. The number of halogens is 13. The molecule has 0 saturated heterocycles. The van der Waals surface area contributed by atoms with Crippen LogP contribution in [0.25, 0.3) is 0 Å². The Morgan fingerprint density at radius 3 is 0.645 bits per heavy atom. The maximum Gasteiger partial charge on any atom is 1.00 e. The number of aliphatic hydroxyl groups excluding tert-OH is 4. The molecule has 0 aromatic heterocycles. The molecule has 0 bridgehead atoms. The van der Waals surface area contributed by atoms with Gasteiger partial charge < -0.3 is 31.0 Å². The molecule has 700 valence electrons. The standard InChI is InChI=1S/3C25H41F3O.C24H39F3O2.CH3FS.K.H2O/c3*1-15(21(29)25(26,27)28)18-8-9-19-17-7-6-16-14-22(2,3)12-13-23(16,4)20(17)10-11-24(18,19)5;1-14(20(28)24(25,26)27)17-7-8-18-16-6-5-15-13-21(2,29)11-12-22(15,3)19(16)9-10-23(17,18)4;1-3-2;;/h3*15-21,29H,6-14H2,1-5H3;14-20,28-29H,5-13H2,1-4H3;1H3;;1H2/q;;;;;+1;/p-1/t15-,16+,17-,18+,19-,20-,21?,23-,24+;15-,16+,17-,18+,19-,20-,21+,23-,24+;15-,16+,17-,18+,19-,20-,21-,23-,24+;14-,15+,16-,17+,18-,19-,20+,21-,22-,23+;;;/m0000.../s1. The summed E-state index contributed by atoms with van der Waals surface area (Å²) >= 11 is 0.250. The van der Waals surface area contributed by atoms with Crippen LogP contribution in [0.1, 0.15) is 363 Å². The van der Waals surface area contributed by atoms with Gasteiger partial charge in [0.15, 0.2) is 24.4 Å². The number of hydrogen-bond acceptors (Lipinski definition) is 7. The van der Waals surface area contributed by atoms with E-state index in [1.807, 2.05) is 6.92 Å². The summed E-state index contributed by atoms with van der Waals surface area (Å²) in [5.74, 6) is 7.70. The third kappa shape index (κ3) is 19.4. The van der Waals surface area contributed by atoms with Gasteiger partial charge in [-0.25, -0.2) is 0 Å². The zero-order chi connectivity index (χ0) is 88.3. The second kappa shape index (κ2) is 36.6. The van der Waals surface area contributed by atoms with Crippen LogP contribution in [0, 0.1) is 202 Å². The predicted molar refractivity (Wildman–Crippen MR) is 454 cm³/mol. The molecule has 37 atom stereocenters. The molecule has 0 radical (unpaired) electrons. The SMILES string of the molecule is CSF.C[C@@H]([C@H]1CC[C@H]2[C@@H]3CC[C@@H]4CC(C)(C)CC[C@]4(C)[C@H]3CC[C@]12C)[C@H](O)C(F)(F)F.C[C@H](C(O)C(F)(F)F)[C@H]1CC[C@H]2[C@@H]3CC[C@@H]4CC(C)(C)CC[C@]4(C)[C@H]3CC[C@]12C.C[C@H]([C@@H](O)C(F)(F)F)[C@H]1CC[C@H]2[C@@H]3CC[C@@H]4CC(C)(C)CC[C@]4(C)[C@H]3CC[C@]12C.C[C@H]([C@@H](O)C(F)(F)F)[C@H]1CC[C@H]2[C@@H]3CC[C@@H]4C[C@@](C)(O)CC[C@]4(C)[C@H]3CC[C@]12C.[K+].[OH-]. The Morgan fingerprint density at radius 2 is 0.446 bits per heavy atom. The zero-order valence-corrected chi connectivity index (χ0v) is 82.6. The van der Waals surface area contributed by atoms with Crippen LogP contribution in [0.4, 0.5) is 56.6 Å². The average molecular weight is 1780 g/mol. The molecule has 21 heteroatoms. The van der Waals surface area contributed by atoms with E-state index in [0.717, 1.165) is 151 Å². The van der Waals surface area contributed by atoms with Crippen molar-refractivity contribution in [2.75, 3.05) is 6.26 Å². The van der Waals surface area contributed by atoms with Gasteiger partial charge in [0.2, 0.25) is 0 Å². The molecule has 0 heterocycles. The van der Waals surface area contributed by atoms with Crippen LogP contribution < -0.4 is 51.4 Å². The molecule has 0 aromatic rings. The van der Waals surface area contributed by atoms with Crippen LogP contribution >= 0.6 is 12.1 Å². The summed E-state index contributed by atoms with van der Waals surface area (Å²) < 4.78 is 169. The van der Waals surface area contributed by atoms with Crippen molar-refractivity contribution in [3.8, 4) is 0 Å². The third-order valence-corrected chi connectivity index (χ3v) is 42.7. The molecule has 0 aromatic carbocycles. The van der Waals surface area contributed by atoms with Gasteiger partial charge in [0.05, 0.1) is 5.60 Å². The average Bonchev–Trinajstić information content (AvgIpc) is 1.68. The third-order valence-electron chi connectivity index (χ3n) is 42.7. The maximum atomic E-state index is 13.2. The molecule has 16 rings (SSSR count).